The summed E-state index contributed by atoms with van der Waals surface area (Å²) < 4.78 is 18.0. The zero-order chi connectivity index (χ0) is 36.1. The summed E-state index contributed by atoms with van der Waals surface area (Å²) in [5.74, 6) is 2.39. The van der Waals surface area contributed by atoms with Crippen molar-refractivity contribution in [2.24, 2.45) is 0 Å². The topological polar surface area (TPSA) is 116 Å². The van der Waals surface area contributed by atoms with Gasteiger partial charge >= 0.3 is 12.2 Å². The number of carbonyl (C=O) groups excluding carboxylic acids is 2. The number of fused-ring (bicyclic) bond motifs is 2. The lowest BCUT2D eigenvalue weighted by atomic mass is 9.95. The Bertz CT molecular complexity index is 1930. The maximum Gasteiger partial charge on any atom is 0.410 e. The summed E-state index contributed by atoms with van der Waals surface area (Å²) in [5.41, 5.74) is 7.09. The van der Waals surface area contributed by atoms with Crippen molar-refractivity contribution in [3.8, 4) is 34.0 Å². The lowest BCUT2D eigenvalue weighted by Crippen LogP contribution is -2.37. The number of H-pyrrole nitrogens is 2. The van der Waals surface area contributed by atoms with Gasteiger partial charge in [0.2, 0.25) is 0 Å². The van der Waals surface area contributed by atoms with Gasteiger partial charge in [-0.15, -0.1) is 0 Å². The molecular formula is C40H50N6O5. The minimum Gasteiger partial charge on any atom is -0.453 e. The number of rotatable bonds is 7. The molecule has 1 atom stereocenters. The van der Waals surface area contributed by atoms with Gasteiger partial charge in [-0.3, -0.25) is 4.90 Å². The van der Waals surface area contributed by atoms with Crippen molar-refractivity contribution in [2.45, 2.75) is 104 Å². The summed E-state index contributed by atoms with van der Waals surface area (Å²) in [6.45, 7) is 16.0. The van der Waals surface area contributed by atoms with E-state index < -0.39 is 11.2 Å². The van der Waals surface area contributed by atoms with E-state index in [0.29, 0.717) is 19.6 Å². The van der Waals surface area contributed by atoms with Crippen LogP contribution >= 0.6 is 0 Å². The molecule has 51 heavy (non-hydrogen) atoms. The van der Waals surface area contributed by atoms with Gasteiger partial charge in [0.25, 0.3) is 0 Å². The van der Waals surface area contributed by atoms with Crippen LogP contribution in [0.2, 0.25) is 0 Å². The molecule has 1 fully saturated rings. The fourth-order valence-electron chi connectivity index (χ4n) is 7.26. The highest BCUT2D eigenvalue weighted by molar-refractivity contribution is 5.85. The number of hydrogen-bond acceptors (Lipinski definition) is 7. The predicted octanol–water partition coefficient (Wildman–Crippen LogP) is 9.48. The number of aromatic nitrogens is 3. The number of nitrogens with one attached hydrogen (secondary N) is 2. The lowest BCUT2D eigenvalue weighted by Gasteiger charge is -2.37. The summed E-state index contributed by atoms with van der Waals surface area (Å²) in [4.78, 5) is 43.6. The van der Waals surface area contributed by atoms with Gasteiger partial charge in [-0.05, 0) is 116 Å². The van der Waals surface area contributed by atoms with Gasteiger partial charge in [0.1, 0.15) is 17.0 Å². The molecule has 5 heterocycles. The first-order valence-electron chi connectivity index (χ1n) is 18.2. The Kier molecular flexibility index (Phi) is 9.01. The largest absolute Gasteiger partial charge is 0.453 e. The third kappa shape index (κ3) is 7.29. The molecule has 0 unspecified atom stereocenters. The molecule has 2 N–H and O–H groups in total. The minimum atomic E-state index is -0.555. The van der Waals surface area contributed by atoms with Crippen LogP contribution in [-0.4, -0.2) is 67.8 Å². The Balaban J connectivity index is 1.12. The second kappa shape index (κ2) is 13.3. The highest BCUT2D eigenvalue weighted by Crippen LogP contribution is 2.52. The van der Waals surface area contributed by atoms with Crippen LogP contribution in [0.25, 0.3) is 22.5 Å². The third-order valence-corrected chi connectivity index (χ3v) is 9.39. The number of aryl methyl sites for hydroxylation is 1. The Morgan fingerprint density at radius 3 is 2.47 bits per heavy atom. The second-order valence-corrected chi connectivity index (χ2v) is 15.8. The van der Waals surface area contributed by atoms with E-state index in [2.05, 4.69) is 52.1 Å². The van der Waals surface area contributed by atoms with Crippen molar-refractivity contribution in [3.63, 3.8) is 0 Å². The van der Waals surface area contributed by atoms with Crippen LogP contribution in [0.1, 0.15) is 97.3 Å². The van der Waals surface area contributed by atoms with Crippen LogP contribution in [0.3, 0.4) is 0 Å². The van der Waals surface area contributed by atoms with Crippen molar-refractivity contribution in [3.05, 3.63) is 65.7 Å². The van der Waals surface area contributed by atoms with Crippen LogP contribution in [-0.2, 0) is 22.4 Å². The zero-order valence-corrected chi connectivity index (χ0v) is 30.9. The molecule has 0 spiro atoms. The molecule has 2 aromatic carbocycles. The van der Waals surface area contributed by atoms with E-state index in [4.69, 9.17) is 19.2 Å². The summed E-state index contributed by atoms with van der Waals surface area (Å²) in [5, 5.41) is 0. The summed E-state index contributed by atoms with van der Waals surface area (Å²) in [6, 6.07) is 14.6. The van der Waals surface area contributed by atoms with E-state index in [-0.39, 0.29) is 18.2 Å². The van der Waals surface area contributed by atoms with Gasteiger partial charge in [-0.25, -0.2) is 14.6 Å². The molecular weight excluding hydrogens is 644 g/mol. The van der Waals surface area contributed by atoms with E-state index in [1.165, 1.54) is 5.56 Å². The third-order valence-electron chi connectivity index (χ3n) is 9.39. The average Bonchev–Trinajstić information content (AvgIpc) is 3.84. The molecule has 2 aromatic heterocycles. The van der Waals surface area contributed by atoms with Crippen LogP contribution in [0.4, 0.5) is 21.0 Å². The standard InChI is InChI=1S/C40H50N6O5/c1-8-17-44(37(47)50-39(2,3)4)24-28-14-15-29(42-28)25-13-16-31-33(21-25)49-34-22-27(20-26-11-9-18-45(31)35(26)34)30-23-41-36(43-30)32-12-10-19-46(32)38(48)51-40(5,6)7/h13-16,20-23,32,42H,8-12,17-19,24H2,1-7H3,(H,41,43)/t32-/m0/s1. The normalized spacial score (nSPS) is 16.7. The molecule has 7 rings (SSSR count). The molecule has 1 saturated heterocycles. The van der Waals surface area contributed by atoms with Crippen molar-refractivity contribution < 1.29 is 23.8 Å². The van der Waals surface area contributed by atoms with Crippen LogP contribution in [0.5, 0.6) is 11.5 Å². The quantitative estimate of drug-likeness (QED) is 0.198. The number of carbonyl (C=O) groups is 2. The van der Waals surface area contributed by atoms with Crippen LogP contribution in [0, 0.1) is 0 Å². The molecule has 0 radical (unpaired) electrons. The lowest BCUT2D eigenvalue weighted by molar-refractivity contribution is 0.0213. The number of likely N-dealkylation sites (tertiary alicyclic amines) is 1. The average molecular weight is 695 g/mol. The molecule has 0 bridgehead atoms. The van der Waals surface area contributed by atoms with Crippen LogP contribution < -0.4 is 9.64 Å². The molecule has 0 saturated carbocycles. The zero-order valence-electron chi connectivity index (χ0n) is 30.9. The van der Waals surface area contributed by atoms with E-state index in [1.54, 1.807) is 9.80 Å². The van der Waals surface area contributed by atoms with Crippen molar-refractivity contribution in [2.75, 3.05) is 24.5 Å². The summed E-state index contributed by atoms with van der Waals surface area (Å²) >= 11 is 0. The van der Waals surface area contributed by atoms with E-state index in [9.17, 15) is 9.59 Å². The fraction of sp³-hybridized carbons (Fsp3) is 0.475. The smallest absolute Gasteiger partial charge is 0.410 e. The molecule has 3 aliphatic rings. The number of anilines is 2. The van der Waals surface area contributed by atoms with E-state index in [0.717, 1.165) is 95.6 Å². The number of amides is 2. The van der Waals surface area contributed by atoms with Gasteiger partial charge in [0, 0.05) is 42.1 Å². The molecule has 11 heteroatoms. The minimum absolute atomic E-state index is 0.151. The maximum absolute atomic E-state index is 13.0. The van der Waals surface area contributed by atoms with Gasteiger partial charge in [0.05, 0.1) is 35.9 Å². The van der Waals surface area contributed by atoms with Gasteiger partial charge in [-0.2, -0.15) is 0 Å². The number of hydrogen-bond donors (Lipinski definition) is 2. The second-order valence-electron chi connectivity index (χ2n) is 15.8. The van der Waals surface area contributed by atoms with E-state index in [1.807, 2.05) is 59.9 Å². The molecule has 11 nitrogen and oxygen atoms in total. The monoisotopic (exact) mass is 694 g/mol. The molecule has 4 aromatic rings. The molecule has 3 aliphatic heterocycles. The molecule has 0 aliphatic carbocycles. The first-order valence-corrected chi connectivity index (χ1v) is 18.2. The fourth-order valence-corrected chi connectivity index (χ4v) is 7.26. The first-order chi connectivity index (χ1) is 24.3. The van der Waals surface area contributed by atoms with Gasteiger partial charge in [0.15, 0.2) is 11.5 Å². The Labute approximate surface area is 300 Å². The van der Waals surface area contributed by atoms with Crippen molar-refractivity contribution >= 4 is 23.6 Å². The highest BCUT2D eigenvalue weighted by Gasteiger charge is 2.36. The summed E-state index contributed by atoms with van der Waals surface area (Å²) in [7, 11) is 0. The van der Waals surface area contributed by atoms with Crippen molar-refractivity contribution in [1.82, 2.24) is 24.8 Å². The Hall–Kier alpha value is -4.93. The first kappa shape index (κ1) is 34.5. The number of nitrogens with zero attached hydrogens (tertiary/aromatic N) is 4. The van der Waals surface area contributed by atoms with Gasteiger partial charge < -0.3 is 34.0 Å². The molecule has 270 valence electrons. The van der Waals surface area contributed by atoms with Gasteiger partial charge in [-0.1, -0.05) is 13.0 Å². The van der Waals surface area contributed by atoms with E-state index >= 15 is 0 Å². The molecule has 2 amide bonds. The summed E-state index contributed by atoms with van der Waals surface area (Å²) in [6.07, 6.45) is 5.82. The number of ether oxygens (including phenoxy) is 3. The number of aromatic amines is 2. The number of imidazole rings is 1. The maximum atomic E-state index is 13.0. The number of benzene rings is 2. The van der Waals surface area contributed by atoms with Crippen LogP contribution in [0.15, 0.2) is 48.7 Å². The Morgan fingerprint density at radius 1 is 0.922 bits per heavy atom. The highest BCUT2D eigenvalue weighted by atomic mass is 16.6. The Morgan fingerprint density at radius 2 is 1.71 bits per heavy atom. The SMILES string of the molecule is CCCN(Cc1ccc(-c2ccc3c(c2)Oc2cc(-c4cnc([C@@H]5CCCN5C(=O)OC(C)(C)C)[nH]4)cc4c2N3CCC4)[nH]1)C(=O)OC(C)(C)C. The predicted molar refractivity (Wildman–Crippen MR) is 198 cm³/mol. The van der Waals surface area contributed by atoms with Crippen molar-refractivity contribution in [1.29, 1.82) is 0 Å².